The Kier molecular flexibility index (Phi) is 15.6. The quantitative estimate of drug-likeness (QED) is 0.0848. The second-order valence-corrected chi connectivity index (χ2v) is 23.0. The van der Waals surface area contributed by atoms with Crippen molar-refractivity contribution in [3.63, 3.8) is 0 Å². The van der Waals surface area contributed by atoms with Crippen molar-refractivity contribution in [1.29, 1.82) is 0 Å². The number of halogens is 12. The summed E-state index contributed by atoms with van der Waals surface area (Å²) in [5, 5.41) is 0. The van der Waals surface area contributed by atoms with Gasteiger partial charge in [0.15, 0.2) is 14.7 Å². The summed E-state index contributed by atoms with van der Waals surface area (Å²) in [5.74, 6) is 0. The summed E-state index contributed by atoms with van der Waals surface area (Å²) in [7, 11) is -0.120. The lowest BCUT2D eigenvalue weighted by Gasteiger charge is -2.44. The van der Waals surface area contributed by atoms with E-state index in [-0.39, 0.29) is 49.0 Å². The fraction of sp³-hybridized carbons (Fsp3) is 0.276. The number of rotatable bonds is 7. The monoisotopic (exact) mass is 1020 g/mol. The van der Waals surface area contributed by atoms with Gasteiger partial charge in [-0.2, -0.15) is 74.5 Å². The standard InChI is InChI=1S/C30H39S.C28H16BF12/c1-28(2,3)22-10-16-25(17-11-22)31(26-18-12-23(13-19-26)29(4,5)6)27-20-14-24(15-21-27)30(7,8)9;30-25(31,32)17-1-9-21(10-2-17)29(22-11-3-18(4-12-22)26(33,34)35,23-13-5-19(6-14-23)27(36,37)38)24-15-7-20(8-16-24)28(39,40)41/h10-21H,1-9H3;1-16H/q+1;-1. The molecule has 72 heavy (non-hydrogen) atoms. The third-order valence-corrected chi connectivity index (χ3v) is 15.1. The number of alkyl halides is 12. The zero-order chi connectivity index (χ0) is 53.5. The topological polar surface area (TPSA) is 0 Å². The van der Waals surface area contributed by atoms with Gasteiger partial charge in [-0.25, -0.2) is 0 Å². The minimum absolute atomic E-state index is 0.0114. The van der Waals surface area contributed by atoms with E-state index in [9.17, 15) is 52.7 Å². The van der Waals surface area contributed by atoms with Gasteiger partial charge >= 0.3 is 24.7 Å². The van der Waals surface area contributed by atoms with E-state index in [4.69, 9.17) is 0 Å². The Bertz CT molecular complexity index is 2500. The van der Waals surface area contributed by atoms with Gasteiger partial charge in [-0.3, -0.25) is 0 Å². The second-order valence-electron chi connectivity index (χ2n) is 21.0. The normalized spacial score (nSPS) is 13.2. The van der Waals surface area contributed by atoms with Crippen LogP contribution in [0.5, 0.6) is 0 Å². The summed E-state index contributed by atoms with van der Waals surface area (Å²) in [5.41, 5.74) is 0.347. The first-order chi connectivity index (χ1) is 33.1. The molecule has 0 atom stereocenters. The van der Waals surface area contributed by atoms with Gasteiger partial charge in [0.05, 0.1) is 33.1 Å². The zero-order valence-corrected chi connectivity index (χ0v) is 42.0. The fourth-order valence-electron chi connectivity index (χ4n) is 8.68. The molecular formula is C58H55BF12S. The molecule has 14 heteroatoms. The van der Waals surface area contributed by atoms with Crippen LogP contribution in [0.1, 0.15) is 101 Å². The number of hydrogen-bond acceptors (Lipinski definition) is 0. The van der Waals surface area contributed by atoms with Gasteiger partial charge in [0.2, 0.25) is 0 Å². The van der Waals surface area contributed by atoms with Crippen molar-refractivity contribution >= 4 is 38.9 Å². The molecular weight excluding hydrogens is 967 g/mol. The first-order valence-corrected chi connectivity index (χ1v) is 24.3. The van der Waals surface area contributed by atoms with E-state index in [0.717, 1.165) is 48.5 Å². The van der Waals surface area contributed by atoms with Crippen molar-refractivity contribution < 1.29 is 52.7 Å². The lowest BCUT2D eigenvalue weighted by molar-refractivity contribution is -0.138. The molecule has 0 N–H and O–H groups in total. The van der Waals surface area contributed by atoms with Crippen LogP contribution in [0.2, 0.25) is 0 Å². The average molecular weight is 1020 g/mol. The van der Waals surface area contributed by atoms with E-state index in [0.29, 0.717) is 48.5 Å². The molecule has 0 spiro atoms. The molecule has 7 aromatic rings. The Balaban J connectivity index is 0.000000245. The summed E-state index contributed by atoms with van der Waals surface area (Å²) in [6, 6.07) is 41.4. The molecule has 0 nitrogen and oxygen atoms in total. The third kappa shape index (κ3) is 12.6. The third-order valence-electron chi connectivity index (χ3n) is 12.8. The molecule has 7 aromatic carbocycles. The summed E-state index contributed by atoms with van der Waals surface area (Å²) >= 11 is 0. The molecule has 0 heterocycles. The zero-order valence-electron chi connectivity index (χ0n) is 41.2. The molecule has 0 aliphatic carbocycles. The first kappa shape index (κ1) is 55.4. The maximum atomic E-state index is 13.3. The molecule has 0 bridgehead atoms. The predicted molar refractivity (Wildman–Crippen MR) is 268 cm³/mol. The highest BCUT2D eigenvalue weighted by molar-refractivity contribution is 7.97. The average Bonchev–Trinajstić information content (AvgIpc) is 3.29. The van der Waals surface area contributed by atoms with E-state index in [1.54, 1.807) is 0 Å². The van der Waals surface area contributed by atoms with Gasteiger partial charge < -0.3 is 0 Å². The highest BCUT2D eigenvalue weighted by Gasteiger charge is 2.39. The van der Waals surface area contributed by atoms with Gasteiger partial charge in [-0.1, -0.05) is 196 Å². The summed E-state index contributed by atoms with van der Waals surface area (Å²) < 4.78 is 160. The lowest BCUT2D eigenvalue weighted by atomic mass is 9.13. The number of hydrogen-bond donors (Lipinski definition) is 0. The van der Waals surface area contributed by atoms with Gasteiger partial charge in [0.25, 0.3) is 0 Å². The van der Waals surface area contributed by atoms with Gasteiger partial charge in [0.1, 0.15) is 6.15 Å². The van der Waals surface area contributed by atoms with Crippen LogP contribution in [0.4, 0.5) is 52.7 Å². The molecule has 0 radical (unpaired) electrons. The van der Waals surface area contributed by atoms with Gasteiger partial charge in [0, 0.05) is 0 Å². The molecule has 7 rings (SSSR count). The number of benzene rings is 7. The van der Waals surface area contributed by atoms with E-state index in [1.165, 1.54) is 31.4 Å². The molecule has 0 saturated heterocycles. The molecule has 0 unspecified atom stereocenters. The Labute approximate surface area is 416 Å². The molecule has 380 valence electrons. The Morgan fingerprint density at radius 3 is 0.528 bits per heavy atom. The lowest BCUT2D eigenvalue weighted by Crippen LogP contribution is -2.74. The van der Waals surface area contributed by atoms with Crippen LogP contribution in [-0.2, 0) is 51.8 Å². The largest absolute Gasteiger partial charge is 0.416 e. The summed E-state index contributed by atoms with van der Waals surface area (Å²) in [6.07, 6.45) is -22.0. The second kappa shape index (κ2) is 20.2. The summed E-state index contributed by atoms with van der Waals surface area (Å²) in [6.45, 7) is 20.5. The molecule has 0 aromatic heterocycles. The maximum absolute atomic E-state index is 13.3. The molecule has 0 fully saturated rings. The van der Waals surface area contributed by atoms with Crippen LogP contribution in [0.25, 0.3) is 0 Å². The Morgan fingerprint density at radius 1 is 0.236 bits per heavy atom. The molecule has 0 aliphatic rings. The van der Waals surface area contributed by atoms with E-state index < -0.39 is 53.1 Å². The highest BCUT2D eigenvalue weighted by atomic mass is 32.2. The van der Waals surface area contributed by atoms with Crippen molar-refractivity contribution in [1.82, 2.24) is 0 Å². The Hall–Kier alpha value is -5.89. The SMILES string of the molecule is CC(C)(C)c1ccc([S+](c2ccc(C(C)(C)C)cc2)c2ccc(C(C)(C)C)cc2)cc1.FC(F)(F)c1ccc([B-](c2ccc(C(F)(F)F)cc2)(c2ccc(C(F)(F)F)cc2)c2ccc(C(F)(F)F)cc2)cc1. The minimum atomic E-state index is -4.77. The Morgan fingerprint density at radius 2 is 0.389 bits per heavy atom. The van der Waals surface area contributed by atoms with Crippen LogP contribution >= 0.6 is 0 Å². The highest BCUT2D eigenvalue weighted by Crippen LogP contribution is 2.37. The van der Waals surface area contributed by atoms with Crippen LogP contribution in [0.3, 0.4) is 0 Å². The van der Waals surface area contributed by atoms with Gasteiger partial charge in [-0.15, -0.1) is 0 Å². The maximum Gasteiger partial charge on any atom is 0.416 e. The van der Waals surface area contributed by atoms with Crippen molar-refractivity contribution in [2.75, 3.05) is 0 Å². The first-order valence-electron chi connectivity index (χ1n) is 23.0. The summed E-state index contributed by atoms with van der Waals surface area (Å²) in [4.78, 5) is 4.13. The van der Waals surface area contributed by atoms with Gasteiger partial charge in [-0.05, 0) is 69.3 Å². The van der Waals surface area contributed by atoms with Crippen molar-refractivity contribution in [2.24, 2.45) is 0 Å². The molecule has 0 amide bonds. The molecule has 0 saturated carbocycles. The van der Waals surface area contributed by atoms with E-state index in [2.05, 4.69) is 135 Å². The van der Waals surface area contributed by atoms with E-state index in [1.807, 2.05) is 0 Å². The smallest absolute Gasteiger partial charge is 0.195 e. The van der Waals surface area contributed by atoms with Crippen molar-refractivity contribution in [3.8, 4) is 0 Å². The van der Waals surface area contributed by atoms with E-state index >= 15 is 0 Å². The predicted octanol–water partition coefficient (Wildman–Crippen LogP) is 15.8. The van der Waals surface area contributed by atoms with Crippen LogP contribution in [0.15, 0.2) is 185 Å². The van der Waals surface area contributed by atoms with Crippen LogP contribution in [-0.4, -0.2) is 6.15 Å². The minimum Gasteiger partial charge on any atom is -0.195 e. The van der Waals surface area contributed by atoms with Crippen molar-refractivity contribution in [2.45, 2.75) is 118 Å². The van der Waals surface area contributed by atoms with Crippen molar-refractivity contribution in [3.05, 3.63) is 209 Å². The van der Waals surface area contributed by atoms with Crippen LogP contribution < -0.4 is 21.9 Å². The fourth-order valence-corrected chi connectivity index (χ4v) is 10.7. The van der Waals surface area contributed by atoms with Crippen LogP contribution in [0, 0.1) is 0 Å². The molecule has 0 aliphatic heterocycles.